The van der Waals surface area contributed by atoms with Gasteiger partial charge in [0.2, 0.25) is 0 Å². The van der Waals surface area contributed by atoms with Gasteiger partial charge in [0.15, 0.2) is 11.5 Å². The van der Waals surface area contributed by atoms with Crippen molar-refractivity contribution in [3.05, 3.63) is 116 Å². The van der Waals surface area contributed by atoms with Crippen LogP contribution in [0, 0.1) is 0 Å². The molecule has 0 aliphatic carbocycles. The van der Waals surface area contributed by atoms with Crippen LogP contribution in [0.15, 0.2) is 99.4 Å². The molecule has 4 aromatic rings. The molecule has 0 aliphatic heterocycles. The maximum atomic E-state index is 13.4. The van der Waals surface area contributed by atoms with E-state index in [0.29, 0.717) is 42.0 Å². The third kappa shape index (κ3) is 8.69. The number of alkyl halides is 3. The Morgan fingerprint density at radius 2 is 1.73 bits per heavy atom. The predicted octanol–water partition coefficient (Wildman–Crippen LogP) is 7.71. The third-order valence-electron chi connectivity index (χ3n) is 6.10. The summed E-state index contributed by atoms with van der Waals surface area (Å²) in [5, 5.41) is 4.68. The van der Waals surface area contributed by atoms with Crippen LogP contribution >= 0.6 is 39.1 Å². The van der Waals surface area contributed by atoms with Crippen LogP contribution in [0.1, 0.15) is 16.7 Å². The second-order valence-corrected chi connectivity index (χ2v) is 12.8. The van der Waals surface area contributed by atoms with Crippen LogP contribution in [0.25, 0.3) is 0 Å². The summed E-state index contributed by atoms with van der Waals surface area (Å²) >= 11 is 15.5. The highest BCUT2D eigenvalue weighted by atomic mass is 79.9. The molecular formula is C30H23BrCl2F3N3O5S. The summed E-state index contributed by atoms with van der Waals surface area (Å²) in [5.41, 5.74) is 2.03. The van der Waals surface area contributed by atoms with Gasteiger partial charge in [-0.25, -0.2) is 13.8 Å². The maximum absolute atomic E-state index is 13.4. The Bertz CT molecular complexity index is 1830. The van der Waals surface area contributed by atoms with Crippen molar-refractivity contribution in [1.29, 1.82) is 0 Å². The highest BCUT2D eigenvalue weighted by Crippen LogP contribution is 2.37. The molecule has 1 amide bonds. The zero-order valence-corrected chi connectivity index (χ0v) is 27.1. The molecule has 0 bridgehead atoms. The average molecular weight is 745 g/mol. The van der Waals surface area contributed by atoms with Crippen molar-refractivity contribution >= 4 is 67.0 Å². The zero-order valence-electron chi connectivity index (χ0n) is 23.2. The monoisotopic (exact) mass is 743 g/mol. The number of hydrogen-bond acceptors (Lipinski definition) is 6. The fraction of sp³-hybridized carbons (Fsp3) is 0.133. The fourth-order valence-electron chi connectivity index (χ4n) is 3.96. The first-order valence-electron chi connectivity index (χ1n) is 12.8. The van der Waals surface area contributed by atoms with Crippen molar-refractivity contribution in [1.82, 2.24) is 5.43 Å². The second-order valence-electron chi connectivity index (χ2n) is 9.24. The Kier molecular flexibility index (Phi) is 11.0. The number of rotatable bonds is 11. The van der Waals surface area contributed by atoms with Gasteiger partial charge in [0.05, 0.1) is 44.0 Å². The number of nitrogens with zero attached hydrogens (tertiary/aromatic N) is 2. The second kappa shape index (κ2) is 14.5. The van der Waals surface area contributed by atoms with Crippen molar-refractivity contribution in [2.75, 3.05) is 18.0 Å². The maximum Gasteiger partial charge on any atom is 0.416 e. The van der Waals surface area contributed by atoms with E-state index in [4.69, 9.17) is 32.7 Å². The van der Waals surface area contributed by atoms with Crippen LogP contribution < -0.4 is 19.2 Å². The minimum absolute atomic E-state index is 0.156. The number of halogens is 6. The largest absolute Gasteiger partial charge is 0.493 e. The zero-order chi connectivity index (χ0) is 32.8. The van der Waals surface area contributed by atoms with Gasteiger partial charge in [-0.2, -0.15) is 18.3 Å². The number of ether oxygens (including phenoxy) is 2. The van der Waals surface area contributed by atoms with Gasteiger partial charge in [0, 0.05) is 0 Å². The van der Waals surface area contributed by atoms with E-state index in [-0.39, 0.29) is 17.2 Å². The first kappa shape index (κ1) is 34.1. The Morgan fingerprint density at radius 1 is 1.00 bits per heavy atom. The van der Waals surface area contributed by atoms with Gasteiger partial charge in [-0.05, 0) is 81.7 Å². The number of hydrazone groups is 1. The van der Waals surface area contributed by atoms with Crippen LogP contribution in [-0.4, -0.2) is 34.2 Å². The molecule has 8 nitrogen and oxygen atoms in total. The average Bonchev–Trinajstić information content (AvgIpc) is 3.00. The lowest BCUT2D eigenvalue weighted by Gasteiger charge is -2.24. The normalized spacial score (nSPS) is 11.8. The van der Waals surface area contributed by atoms with E-state index in [1.165, 1.54) is 43.7 Å². The van der Waals surface area contributed by atoms with E-state index in [2.05, 4.69) is 26.5 Å². The number of hydrogen-bond donors (Lipinski definition) is 1. The molecule has 15 heteroatoms. The molecule has 45 heavy (non-hydrogen) atoms. The Labute approximate surface area is 275 Å². The van der Waals surface area contributed by atoms with Gasteiger partial charge >= 0.3 is 6.18 Å². The Hall–Kier alpha value is -3.78. The predicted molar refractivity (Wildman–Crippen MR) is 170 cm³/mol. The quantitative estimate of drug-likeness (QED) is 0.125. The lowest BCUT2D eigenvalue weighted by molar-refractivity contribution is -0.137. The summed E-state index contributed by atoms with van der Waals surface area (Å²) in [4.78, 5) is 12.7. The van der Waals surface area contributed by atoms with Crippen LogP contribution in [0.5, 0.6) is 11.5 Å². The van der Waals surface area contributed by atoms with Gasteiger partial charge < -0.3 is 9.47 Å². The topological polar surface area (TPSA) is 97.3 Å². The van der Waals surface area contributed by atoms with Gasteiger partial charge in [-0.15, -0.1) is 0 Å². The molecule has 4 rings (SSSR count). The first-order valence-corrected chi connectivity index (χ1v) is 15.8. The smallest absolute Gasteiger partial charge is 0.416 e. The van der Waals surface area contributed by atoms with Gasteiger partial charge in [0.25, 0.3) is 15.9 Å². The number of benzene rings is 4. The SMILES string of the molecule is COc1cc(/C=N\NC(=O)CN(c2cccc(C(F)(F)F)c2)S(=O)(=O)c2ccccc2)cc(Br)c1OCc1ccc(Cl)c(Cl)c1. The van der Waals surface area contributed by atoms with Crippen LogP contribution in [0.3, 0.4) is 0 Å². The number of methoxy groups -OCH3 is 1. The summed E-state index contributed by atoms with van der Waals surface area (Å²) in [7, 11) is -3.00. The van der Waals surface area contributed by atoms with Crippen molar-refractivity contribution in [2.24, 2.45) is 5.10 Å². The summed E-state index contributed by atoms with van der Waals surface area (Å²) in [5.74, 6) is -0.190. The van der Waals surface area contributed by atoms with E-state index >= 15 is 0 Å². The van der Waals surface area contributed by atoms with Gasteiger partial charge in [-0.3, -0.25) is 9.10 Å². The minimum Gasteiger partial charge on any atom is -0.493 e. The molecule has 0 aromatic heterocycles. The number of carbonyl (C=O) groups is 1. The summed E-state index contributed by atoms with van der Waals surface area (Å²) in [6, 6.07) is 19.0. The van der Waals surface area contributed by atoms with E-state index in [0.717, 1.165) is 17.7 Å². The Morgan fingerprint density at radius 3 is 2.40 bits per heavy atom. The van der Waals surface area contributed by atoms with Crippen LogP contribution in [0.2, 0.25) is 10.0 Å². The van der Waals surface area contributed by atoms with Gasteiger partial charge in [0.1, 0.15) is 13.2 Å². The van der Waals surface area contributed by atoms with Crippen LogP contribution in [-0.2, 0) is 27.6 Å². The summed E-state index contributed by atoms with van der Waals surface area (Å²) < 4.78 is 79.5. The summed E-state index contributed by atoms with van der Waals surface area (Å²) in [6.45, 7) is -0.700. The fourth-order valence-corrected chi connectivity index (χ4v) is 6.28. The number of nitrogens with one attached hydrogen (secondary N) is 1. The minimum atomic E-state index is -4.73. The molecule has 236 valence electrons. The molecular weight excluding hydrogens is 722 g/mol. The summed E-state index contributed by atoms with van der Waals surface area (Å²) in [6.07, 6.45) is -3.46. The third-order valence-corrected chi connectivity index (χ3v) is 9.22. The highest BCUT2D eigenvalue weighted by Gasteiger charge is 2.33. The lowest BCUT2D eigenvalue weighted by Crippen LogP contribution is -2.39. The molecule has 0 radical (unpaired) electrons. The molecule has 0 saturated carbocycles. The number of sulfonamides is 1. The molecule has 0 fully saturated rings. The number of anilines is 1. The van der Waals surface area contributed by atoms with E-state index < -0.39 is 34.2 Å². The molecule has 0 heterocycles. The highest BCUT2D eigenvalue weighted by molar-refractivity contribution is 9.10. The number of amides is 1. The lowest BCUT2D eigenvalue weighted by atomic mass is 10.2. The van der Waals surface area contributed by atoms with E-state index in [1.54, 1.807) is 36.4 Å². The van der Waals surface area contributed by atoms with Crippen molar-refractivity contribution in [3.63, 3.8) is 0 Å². The molecule has 4 aromatic carbocycles. The van der Waals surface area contributed by atoms with Crippen molar-refractivity contribution in [2.45, 2.75) is 17.7 Å². The van der Waals surface area contributed by atoms with Crippen molar-refractivity contribution in [3.8, 4) is 11.5 Å². The van der Waals surface area contributed by atoms with Crippen molar-refractivity contribution < 1.29 is 35.9 Å². The standard InChI is InChI=1S/C30H23BrCl2F3N3O5S/c1-43-27-14-20(12-24(31)29(27)44-18-19-10-11-25(32)26(33)13-19)16-37-38-28(40)17-39(45(41,42)23-8-3-2-4-9-23)22-7-5-6-21(15-22)30(34,35)36/h2-16H,17-18H2,1H3,(H,38,40)/b37-16-. The van der Waals surface area contributed by atoms with Crippen LogP contribution in [0.4, 0.5) is 18.9 Å². The van der Waals surface area contributed by atoms with E-state index in [9.17, 15) is 26.4 Å². The number of carbonyl (C=O) groups excluding carboxylic acids is 1. The Balaban J connectivity index is 1.52. The van der Waals surface area contributed by atoms with Gasteiger partial charge in [-0.1, -0.05) is 53.5 Å². The molecule has 0 atom stereocenters. The van der Waals surface area contributed by atoms with E-state index in [1.807, 2.05) is 0 Å². The first-order chi connectivity index (χ1) is 21.3. The molecule has 0 aliphatic rings. The molecule has 1 N–H and O–H groups in total. The molecule has 0 unspecified atom stereocenters. The molecule has 0 saturated heterocycles. The molecule has 0 spiro atoms.